The molecule has 92 valence electrons. The van der Waals surface area contributed by atoms with E-state index in [2.05, 4.69) is 44.6 Å². The van der Waals surface area contributed by atoms with Gasteiger partial charge in [-0.15, -0.1) is 0 Å². The number of H-pyrrole nitrogens is 1. The molecule has 0 aliphatic carbocycles. The van der Waals surface area contributed by atoms with E-state index >= 15 is 0 Å². The van der Waals surface area contributed by atoms with E-state index in [1.165, 1.54) is 16.5 Å². The van der Waals surface area contributed by atoms with Crippen LogP contribution in [0.15, 0.2) is 36.8 Å². The van der Waals surface area contributed by atoms with Gasteiger partial charge in [0.05, 0.1) is 6.54 Å². The number of benzene rings is 1. The summed E-state index contributed by atoms with van der Waals surface area (Å²) in [5.41, 5.74) is 2.43. The van der Waals surface area contributed by atoms with Crippen molar-refractivity contribution in [3.8, 4) is 0 Å². The Bertz CT molecular complexity index is 652. The summed E-state index contributed by atoms with van der Waals surface area (Å²) in [5.74, 6) is 0.820. The highest BCUT2D eigenvalue weighted by Crippen LogP contribution is 2.14. The number of aromatic amines is 1. The molecule has 0 radical (unpaired) electrons. The second-order valence-electron chi connectivity index (χ2n) is 4.34. The van der Waals surface area contributed by atoms with Gasteiger partial charge in [-0.25, -0.2) is 4.98 Å². The average Bonchev–Trinajstić information content (AvgIpc) is 2.97. The van der Waals surface area contributed by atoms with E-state index in [-0.39, 0.29) is 0 Å². The van der Waals surface area contributed by atoms with Crippen molar-refractivity contribution in [2.24, 2.45) is 7.05 Å². The molecule has 0 atom stereocenters. The maximum Gasteiger partial charge on any atom is 0.164 e. The van der Waals surface area contributed by atoms with Gasteiger partial charge in [0.1, 0.15) is 6.33 Å². The first-order valence-electron chi connectivity index (χ1n) is 5.92. The topological polar surface area (TPSA) is 58.5 Å². The smallest absolute Gasteiger partial charge is 0.164 e. The lowest BCUT2D eigenvalue weighted by atomic mass is 10.1. The van der Waals surface area contributed by atoms with Crippen LogP contribution in [0.2, 0.25) is 0 Å². The molecule has 0 saturated heterocycles. The van der Waals surface area contributed by atoms with E-state index in [1.54, 1.807) is 11.0 Å². The molecule has 0 aliphatic heterocycles. The maximum absolute atomic E-state index is 4.22. The fourth-order valence-electron chi connectivity index (χ4n) is 2.00. The maximum atomic E-state index is 4.22. The summed E-state index contributed by atoms with van der Waals surface area (Å²) in [4.78, 5) is 7.36. The largest absolute Gasteiger partial charge is 0.361 e. The summed E-state index contributed by atoms with van der Waals surface area (Å²) in [7, 11) is 1.87. The number of aryl methyl sites for hydroxylation is 1. The Morgan fingerprint density at radius 1 is 1.28 bits per heavy atom. The summed E-state index contributed by atoms with van der Waals surface area (Å²) in [6.45, 7) is 1.51. The van der Waals surface area contributed by atoms with Crippen molar-refractivity contribution in [2.45, 2.75) is 13.1 Å². The first-order valence-corrected chi connectivity index (χ1v) is 5.92. The first kappa shape index (κ1) is 11.0. The number of nitrogens with zero attached hydrogens (tertiary/aromatic N) is 3. The van der Waals surface area contributed by atoms with Gasteiger partial charge in [0.25, 0.3) is 0 Å². The molecule has 5 heteroatoms. The third-order valence-corrected chi connectivity index (χ3v) is 2.88. The van der Waals surface area contributed by atoms with Crippen molar-refractivity contribution in [3.63, 3.8) is 0 Å². The van der Waals surface area contributed by atoms with E-state index in [0.29, 0.717) is 6.54 Å². The van der Waals surface area contributed by atoms with Gasteiger partial charge >= 0.3 is 0 Å². The highest BCUT2D eigenvalue weighted by Gasteiger charge is 2.00. The lowest BCUT2D eigenvalue weighted by Crippen LogP contribution is -2.13. The Morgan fingerprint density at radius 3 is 3.06 bits per heavy atom. The zero-order chi connectivity index (χ0) is 12.4. The van der Waals surface area contributed by atoms with E-state index in [1.807, 2.05) is 13.2 Å². The highest BCUT2D eigenvalue weighted by atomic mass is 15.3. The molecular weight excluding hydrogens is 226 g/mol. The molecule has 0 saturated carbocycles. The SMILES string of the molecule is Cn1cnc(CNCc2ccc3[nH]ccc3c2)n1. The molecule has 0 spiro atoms. The van der Waals surface area contributed by atoms with Crippen LogP contribution in [-0.4, -0.2) is 19.7 Å². The predicted octanol–water partition coefficient (Wildman–Crippen LogP) is 1.59. The number of aromatic nitrogens is 4. The zero-order valence-corrected chi connectivity index (χ0v) is 10.2. The number of fused-ring (bicyclic) bond motifs is 1. The van der Waals surface area contributed by atoms with Crippen LogP contribution in [0.5, 0.6) is 0 Å². The molecule has 0 aliphatic rings. The molecule has 2 heterocycles. The Balaban J connectivity index is 1.62. The predicted molar refractivity (Wildman–Crippen MR) is 69.8 cm³/mol. The van der Waals surface area contributed by atoms with Crippen molar-refractivity contribution in [2.75, 3.05) is 0 Å². The standard InChI is InChI=1S/C13H15N5/c1-18-9-16-13(17-18)8-14-7-10-2-3-12-11(6-10)4-5-15-12/h2-6,9,14-15H,7-8H2,1H3. The Kier molecular flexibility index (Phi) is 2.82. The fourth-order valence-corrected chi connectivity index (χ4v) is 2.00. The van der Waals surface area contributed by atoms with Crippen molar-refractivity contribution in [1.29, 1.82) is 0 Å². The van der Waals surface area contributed by atoms with E-state index < -0.39 is 0 Å². The van der Waals surface area contributed by atoms with E-state index in [4.69, 9.17) is 0 Å². The Morgan fingerprint density at radius 2 is 2.22 bits per heavy atom. The Labute approximate surface area is 105 Å². The van der Waals surface area contributed by atoms with Gasteiger partial charge in [-0.3, -0.25) is 4.68 Å². The van der Waals surface area contributed by atoms with Crippen molar-refractivity contribution >= 4 is 10.9 Å². The van der Waals surface area contributed by atoms with Gasteiger partial charge in [0.15, 0.2) is 5.82 Å². The van der Waals surface area contributed by atoms with Crippen LogP contribution in [0, 0.1) is 0 Å². The van der Waals surface area contributed by atoms with Gasteiger partial charge in [0.2, 0.25) is 0 Å². The van der Waals surface area contributed by atoms with Crippen LogP contribution in [-0.2, 0) is 20.1 Å². The Hall–Kier alpha value is -2.14. The minimum Gasteiger partial charge on any atom is -0.361 e. The summed E-state index contributed by atoms with van der Waals surface area (Å²) < 4.78 is 1.71. The van der Waals surface area contributed by atoms with Gasteiger partial charge < -0.3 is 10.3 Å². The molecule has 2 aromatic heterocycles. The highest BCUT2D eigenvalue weighted by molar-refractivity contribution is 5.79. The first-order chi connectivity index (χ1) is 8.81. The molecule has 3 aromatic rings. The van der Waals surface area contributed by atoms with E-state index in [9.17, 15) is 0 Å². The second-order valence-corrected chi connectivity index (χ2v) is 4.34. The molecule has 2 N–H and O–H groups in total. The summed E-state index contributed by atoms with van der Waals surface area (Å²) in [6, 6.07) is 8.49. The molecule has 0 unspecified atom stereocenters. The molecule has 1 aromatic carbocycles. The van der Waals surface area contributed by atoms with Gasteiger partial charge in [0, 0.05) is 25.3 Å². The average molecular weight is 241 g/mol. The third-order valence-electron chi connectivity index (χ3n) is 2.88. The lowest BCUT2D eigenvalue weighted by Gasteiger charge is -2.02. The monoisotopic (exact) mass is 241 g/mol. The van der Waals surface area contributed by atoms with Gasteiger partial charge in [-0.2, -0.15) is 5.10 Å². The third kappa shape index (κ3) is 2.26. The number of rotatable bonds is 4. The number of hydrogen-bond donors (Lipinski definition) is 2. The van der Waals surface area contributed by atoms with Crippen LogP contribution in [0.1, 0.15) is 11.4 Å². The molecule has 3 rings (SSSR count). The van der Waals surface area contributed by atoms with Crippen molar-refractivity contribution < 1.29 is 0 Å². The molecule has 0 bridgehead atoms. The van der Waals surface area contributed by atoms with Crippen LogP contribution < -0.4 is 5.32 Å². The molecule has 18 heavy (non-hydrogen) atoms. The fraction of sp³-hybridized carbons (Fsp3) is 0.231. The minimum atomic E-state index is 0.687. The van der Waals surface area contributed by atoms with Crippen LogP contribution in [0.25, 0.3) is 10.9 Å². The molecule has 5 nitrogen and oxygen atoms in total. The van der Waals surface area contributed by atoms with Crippen LogP contribution in [0.3, 0.4) is 0 Å². The normalized spacial score (nSPS) is 11.2. The zero-order valence-electron chi connectivity index (χ0n) is 10.2. The van der Waals surface area contributed by atoms with Crippen molar-refractivity contribution in [1.82, 2.24) is 25.1 Å². The number of hydrogen-bond acceptors (Lipinski definition) is 3. The number of nitrogens with one attached hydrogen (secondary N) is 2. The van der Waals surface area contributed by atoms with Gasteiger partial charge in [-0.1, -0.05) is 6.07 Å². The lowest BCUT2D eigenvalue weighted by molar-refractivity contribution is 0.649. The second kappa shape index (κ2) is 4.62. The summed E-state index contributed by atoms with van der Waals surface area (Å²) in [6.07, 6.45) is 3.67. The minimum absolute atomic E-state index is 0.687. The van der Waals surface area contributed by atoms with Crippen LogP contribution >= 0.6 is 0 Å². The molecule has 0 fully saturated rings. The van der Waals surface area contributed by atoms with Crippen molar-refractivity contribution in [3.05, 3.63) is 48.2 Å². The summed E-state index contributed by atoms with van der Waals surface area (Å²) in [5, 5.41) is 8.80. The quantitative estimate of drug-likeness (QED) is 0.729. The summed E-state index contributed by atoms with van der Waals surface area (Å²) >= 11 is 0. The molecular formula is C13H15N5. The van der Waals surface area contributed by atoms with Crippen LogP contribution in [0.4, 0.5) is 0 Å². The molecule has 0 amide bonds. The van der Waals surface area contributed by atoms with E-state index in [0.717, 1.165) is 12.4 Å². The van der Waals surface area contributed by atoms with Gasteiger partial charge in [-0.05, 0) is 29.1 Å².